The molecule has 1 heterocycles. The van der Waals surface area contributed by atoms with Gasteiger partial charge in [0.2, 0.25) is 59.1 Å². The van der Waals surface area contributed by atoms with E-state index in [4.69, 9.17) is 5.73 Å². The molecule has 11 amide bonds. The SMILES string of the molecule is CC[C@H](C)[C@H](NC(=O)[C@@H](NC(=O)[C@@H](NC(=O)[C@H](CCCC[NH3+])NC(=O)[C@H](CC(=O)O)NC(=O)[C@@H]([NH3+])C(C)C)C(C)C)C(C)C)C(=O)N[C@@H](CC(N)=O)C(=O)N1CCC[C@H]1C(=O)N[C@@H](Cc1ccc(O)cc1)C(=O)N[C@@H](Cc1ccccc1)C(=O)NCC(=O)O. The Bertz CT molecular complexity index is 2790. The maximum Gasteiger partial charge on any atom is 0.322 e. The van der Waals surface area contributed by atoms with Crippen molar-refractivity contribution >= 4 is 76.9 Å². The number of carbonyl (C=O) groups is 13. The van der Waals surface area contributed by atoms with E-state index in [-0.39, 0.29) is 56.7 Å². The number of phenols is 1. The van der Waals surface area contributed by atoms with Gasteiger partial charge >= 0.3 is 11.9 Å². The van der Waals surface area contributed by atoms with E-state index < -0.39 is 174 Å². The summed E-state index contributed by atoms with van der Waals surface area (Å²) in [4.78, 5) is 177. The Morgan fingerprint density at radius 1 is 0.562 bits per heavy atom. The lowest BCUT2D eigenvalue weighted by Crippen LogP contribution is -2.71. The molecule has 0 bridgehead atoms. The van der Waals surface area contributed by atoms with Gasteiger partial charge in [-0.2, -0.15) is 0 Å². The van der Waals surface area contributed by atoms with E-state index in [0.29, 0.717) is 30.5 Å². The van der Waals surface area contributed by atoms with Gasteiger partial charge in [-0.1, -0.05) is 104 Å². The molecule has 3 rings (SSSR count). The molecule has 0 aliphatic carbocycles. The Morgan fingerprint density at radius 2 is 1.06 bits per heavy atom. The van der Waals surface area contributed by atoms with Gasteiger partial charge in [-0.25, -0.2) is 0 Å². The summed E-state index contributed by atoms with van der Waals surface area (Å²) in [5.41, 5.74) is 14.3. The van der Waals surface area contributed by atoms with Crippen molar-refractivity contribution in [1.29, 1.82) is 0 Å². The summed E-state index contributed by atoms with van der Waals surface area (Å²) in [5.74, 6) is -14.5. The third-order valence-electron chi connectivity index (χ3n) is 15.3. The van der Waals surface area contributed by atoms with Crippen LogP contribution in [-0.2, 0) is 75.2 Å². The van der Waals surface area contributed by atoms with Crippen LogP contribution < -0.4 is 65.1 Å². The highest BCUT2D eigenvalue weighted by Gasteiger charge is 2.42. The molecular formula is C60H93N13O16+2. The standard InChI is InChI=1S/C60H91N13O16/c1-9-34(8)50(72-58(87)49(33(6)7)71-57(86)48(32(4)5)70-52(81)38(18-13-14-24-61)65-54(83)41(29-45(76)77)68-56(85)47(63)31(2)3)59(88)69-42(28-44(62)75)60(89)73-25-15-19-43(73)55(84)67-40(27-36-20-22-37(74)23-21-36)53(82)66-39(51(80)64-30-46(78)79)26-35-16-11-10-12-17-35/h10-12,16-17,20-23,31-34,38-43,47-50,74H,9,13-15,18-19,24-30,61,63H2,1-8H3,(H2,62,75)(H,64,80)(H,65,83)(H,66,82)(H,67,84)(H,68,85)(H,69,88)(H,70,81)(H,71,86)(H,72,87)(H,76,77)(H,78,79)/p+2/t34-,38-,39-,40-,41-,42-,43-,47-,48-,49-,50-/m0/s1. The van der Waals surface area contributed by atoms with Crippen molar-refractivity contribution in [2.24, 2.45) is 29.4 Å². The van der Waals surface area contributed by atoms with Gasteiger partial charge in [-0.15, -0.1) is 0 Å². The molecular weight excluding hydrogens is 1160 g/mol. The van der Waals surface area contributed by atoms with E-state index in [1.807, 2.05) is 0 Å². The number of rotatable bonds is 37. The second kappa shape index (κ2) is 36.5. The molecule has 29 heteroatoms. The van der Waals surface area contributed by atoms with Crippen molar-refractivity contribution in [3.05, 3.63) is 65.7 Å². The Labute approximate surface area is 517 Å². The van der Waals surface area contributed by atoms with E-state index in [9.17, 15) is 77.6 Å². The number of likely N-dealkylation sites (tertiary alicyclic amines) is 1. The van der Waals surface area contributed by atoms with Crippen LogP contribution in [0.5, 0.6) is 5.75 Å². The number of aliphatic carboxylic acids is 2. The molecule has 0 spiro atoms. The van der Waals surface area contributed by atoms with Crippen LogP contribution in [0.1, 0.15) is 118 Å². The summed E-state index contributed by atoms with van der Waals surface area (Å²) >= 11 is 0. The molecule has 29 nitrogen and oxygen atoms in total. The summed E-state index contributed by atoms with van der Waals surface area (Å²) < 4.78 is 0. The number of quaternary nitrogens is 2. The van der Waals surface area contributed by atoms with E-state index in [0.717, 1.165) is 4.90 Å². The predicted octanol–water partition coefficient (Wildman–Crippen LogP) is -3.37. The number of nitrogens with two attached hydrogens (primary N) is 1. The number of benzene rings is 2. The molecule has 1 aliphatic rings. The second-order valence-electron chi connectivity index (χ2n) is 23.5. The number of phenolic OH excluding ortho intramolecular Hbond substituents is 1. The van der Waals surface area contributed by atoms with E-state index in [1.165, 1.54) is 24.3 Å². The number of aromatic hydroxyl groups is 1. The number of carbonyl (C=O) groups excluding carboxylic acids is 11. The summed E-state index contributed by atoms with van der Waals surface area (Å²) in [6.45, 7) is 13.0. The highest BCUT2D eigenvalue weighted by Crippen LogP contribution is 2.22. The molecule has 89 heavy (non-hydrogen) atoms. The van der Waals surface area contributed by atoms with Gasteiger partial charge in [-0.05, 0) is 73.1 Å². The first-order chi connectivity index (χ1) is 41.9. The van der Waals surface area contributed by atoms with Crippen LogP contribution in [-0.4, -0.2) is 177 Å². The Balaban J connectivity index is 1.88. The molecule has 0 radical (unpaired) electrons. The zero-order chi connectivity index (χ0) is 66.8. The summed E-state index contributed by atoms with van der Waals surface area (Å²) in [5, 5.41) is 52.0. The van der Waals surface area contributed by atoms with Gasteiger partial charge in [-0.3, -0.25) is 62.3 Å². The number of unbranched alkanes of at least 4 members (excludes halogenated alkanes) is 1. The fraction of sp³-hybridized carbons (Fsp3) is 0.583. The number of hydrogen-bond donors (Lipinski definition) is 15. The lowest BCUT2D eigenvalue weighted by atomic mass is 9.95. The zero-order valence-electron chi connectivity index (χ0n) is 52.1. The maximum absolute atomic E-state index is 14.6. The quantitative estimate of drug-likeness (QED) is 0.0294. The smallest absolute Gasteiger partial charge is 0.322 e. The van der Waals surface area contributed by atoms with Crippen molar-refractivity contribution in [3.63, 3.8) is 0 Å². The van der Waals surface area contributed by atoms with Gasteiger partial charge in [0, 0.05) is 25.3 Å². The number of nitrogens with zero attached hydrogens (tertiary/aromatic N) is 1. The molecule has 1 saturated heterocycles. The highest BCUT2D eigenvalue weighted by molar-refractivity contribution is 6.00. The molecule has 20 N–H and O–H groups in total. The van der Waals surface area contributed by atoms with Crippen molar-refractivity contribution in [2.45, 2.75) is 180 Å². The molecule has 492 valence electrons. The first-order valence-corrected chi connectivity index (χ1v) is 30.1. The molecule has 11 atom stereocenters. The number of carboxylic acid groups (broad SMARTS) is 2. The Hall–Kier alpha value is -8.73. The molecule has 2 aromatic carbocycles. The molecule has 2 aromatic rings. The summed E-state index contributed by atoms with van der Waals surface area (Å²) in [6, 6.07) is 0.742. The second-order valence-corrected chi connectivity index (χ2v) is 23.5. The van der Waals surface area contributed by atoms with E-state index >= 15 is 0 Å². The number of carboxylic acids is 2. The Morgan fingerprint density at radius 3 is 1.58 bits per heavy atom. The number of amides is 11. The van der Waals surface area contributed by atoms with Crippen LogP contribution in [0.3, 0.4) is 0 Å². The van der Waals surface area contributed by atoms with Crippen LogP contribution in [0.4, 0.5) is 0 Å². The van der Waals surface area contributed by atoms with Crippen LogP contribution >= 0.6 is 0 Å². The molecule has 0 unspecified atom stereocenters. The third kappa shape index (κ3) is 24.4. The number of hydrogen-bond acceptors (Lipinski definition) is 14. The first-order valence-electron chi connectivity index (χ1n) is 30.1. The molecule has 0 saturated carbocycles. The maximum atomic E-state index is 14.6. The monoisotopic (exact) mass is 1250 g/mol. The topological polar surface area (TPSA) is 475 Å². The summed E-state index contributed by atoms with van der Waals surface area (Å²) in [6.07, 6.45) is -0.257. The van der Waals surface area contributed by atoms with Crippen molar-refractivity contribution < 1.29 is 89.1 Å². The van der Waals surface area contributed by atoms with Crippen molar-refractivity contribution in [1.82, 2.24) is 52.8 Å². The van der Waals surface area contributed by atoms with Crippen LogP contribution in [0, 0.1) is 23.7 Å². The van der Waals surface area contributed by atoms with Gasteiger partial charge in [0.25, 0.3) is 5.91 Å². The lowest BCUT2D eigenvalue weighted by molar-refractivity contribution is -0.414. The normalized spacial score (nSPS) is 16.3. The fourth-order valence-corrected chi connectivity index (χ4v) is 9.67. The lowest BCUT2D eigenvalue weighted by Gasteiger charge is -2.32. The highest BCUT2D eigenvalue weighted by atomic mass is 16.4. The average molecular weight is 1250 g/mol. The van der Waals surface area contributed by atoms with Gasteiger partial charge in [0.1, 0.15) is 66.7 Å². The minimum Gasteiger partial charge on any atom is -0.508 e. The van der Waals surface area contributed by atoms with E-state index in [2.05, 4.69) is 59.3 Å². The third-order valence-corrected chi connectivity index (χ3v) is 15.3. The minimum absolute atomic E-state index is 0.0390. The van der Waals surface area contributed by atoms with Crippen LogP contribution in [0.15, 0.2) is 54.6 Å². The molecule has 1 fully saturated rings. The first kappa shape index (κ1) is 74.5. The van der Waals surface area contributed by atoms with Crippen LogP contribution in [0.25, 0.3) is 0 Å². The molecule has 0 aromatic heterocycles. The largest absolute Gasteiger partial charge is 0.508 e. The van der Waals surface area contributed by atoms with Gasteiger partial charge in [0.05, 0.1) is 19.4 Å². The average Bonchev–Trinajstić information content (AvgIpc) is 4.13. The Kier molecular flexibility index (Phi) is 30.6. The van der Waals surface area contributed by atoms with E-state index in [1.54, 1.807) is 85.7 Å². The number of primary amides is 1. The minimum atomic E-state index is -1.69. The van der Waals surface area contributed by atoms with Gasteiger partial charge in [0.15, 0.2) is 6.04 Å². The molecule has 1 aliphatic heterocycles. The predicted molar refractivity (Wildman–Crippen MR) is 321 cm³/mol. The van der Waals surface area contributed by atoms with Crippen molar-refractivity contribution in [3.8, 4) is 5.75 Å². The van der Waals surface area contributed by atoms with Crippen LogP contribution in [0.2, 0.25) is 0 Å². The summed E-state index contributed by atoms with van der Waals surface area (Å²) in [7, 11) is 0. The zero-order valence-corrected chi connectivity index (χ0v) is 52.1. The fourth-order valence-electron chi connectivity index (χ4n) is 9.67. The van der Waals surface area contributed by atoms with Crippen molar-refractivity contribution in [2.75, 3.05) is 19.6 Å². The van der Waals surface area contributed by atoms with Gasteiger partial charge < -0.3 is 85.3 Å². The number of nitrogens with one attached hydrogen (secondary N) is 9.